The summed E-state index contributed by atoms with van der Waals surface area (Å²) in [5.74, 6) is -4.10. The molecule has 5 heterocycles. The number of aromatic amines is 1. The number of carbonyl (C=O) groups is 4. The number of nitrogens with one attached hydrogen (secondary N) is 1. The smallest absolute Gasteiger partial charge is 0.342 e. The molecule has 1 saturated carbocycles. The first-order valence-corrected chi connectivity index (χ1v) is 21.5. The second-order valence-corrected chi connectivity index (χ2v) is 18.4. The number of hydrogen-bond donors (Lipinski definition) is 3. The standard InChI is InChI=1S/C47H57N3O10/c1-7-43(55)22-28-23-46(41(53)58-5,38-30(14-18-49(24-28)26-43)29-12-9-10-13-35(29)48-38)34-21-33-31(20-36(34)57-4)32(25-51)37-45(33)16-19-50-17-11-15-44(8-2,39(45)50)40(60-27(3)52)47(37,56)42(54)59-6/h9-13,15,20-21,25,28,32,37,39-40,48,55-56H,7-8,14,16-19,22-24,26H2,1-6H3/t28-,32?,37+,39-,40+,43-,44+,45-,46-,47-/m0/s1. The van der Waals surface area contributed by atoms with Crippen LogP contribution in [0.5, 0.6) is 5.75 Å². The molecule has 2 unspecified atom stereocenters. The fraction of sp³-hybridized carbons (Fsp3) is 0.574. The van der Waals surface area contributed by atoms with E-state index in [0.29, 0.717) is 87.4 Å². The number of benzene rings is 2. The highest BCUT2D eigenvalue weighted by Gasteiger charge is 2.80. The van der Waals surface area contributed by atoms with Gasteiger partial charge < -0.3 is 38.9 Å². The van der Waals surface area contributed by atoms with Gasteiger partial charge in [0.05, 0.1) is 26.9 Å². The van der Waals surface area contributed by atoms with E-state index in [9.17, 15) is 24.6 Å². The summed E-state index contributed by atoms with van der Waals surface area (Å²) in [6.07, 6.45) is 6.17. The topological polar surface area (TPSA) is 168 Å². The molecule has 6 aliphatic rings. The number of fused-ring (bicyclic) bond motifs is 6. The number of piperidine rings is 1. The maximum atomic E-state index is 15.3. The molecule has 9 rings (SSSR count). The van der Waals surface area contributed by atoms with Gasteiger partial charge in [-0.2, -0.15) is 0 Å². The number of esters is 3. The zero-order valence-electron chi connectivity index (χ0n) is 35.4. The molecule has 13 nitrogen and oxygen atoms in total. The number of nitrogens with zero attached hydrogens (tertiary/aromatic N) is 2. The van der Waals surface area contributed by atoms with Gasteiger partial charge >= 0.3 is 17.9 Å². The monoisotopic (exact) mass is 823 g/mol. The lowest BCUT2D eigenvalue weighted by Gasteiger charge is -2.63. The molecule has 1 spiro atoms. The SMILES string of the molecule is CC[C@]1(O)C[C@@H]2CN(CCc3c([nH]c4ccccc34)[C@@](C(=O)OC)(c3cc4c(cc3OC)C(C=O)[C@H]3[C@@](O)(C(=O)OC)[C@H](OC(C)=O)[C@]5(CC)C=CCN6CC[C@]43[C@@H]65)C2)C1. The Morgan fingerprint density at radius 2 is 1.75 bits per heavy atom. The number of methoxy groups -OCH3 is 3. The summed E-state index contributed by atoms with van der Waals surface area (Å²) in [4.78, 5) is 64.9. The van der Waals surface area contributed by atoms with Gasteiger partial charge in [0.1, 0.15) is 17.5 Å². The summed E-state index contributed by atoms with van der Waals surface area (Å²) in [6, 6.07) is 11.4. The van der Waals surface area contributed by atoms with Crippen molar-refractivity contribution >= 4 is 35.1 Å². The van der Waals surface area contributed by atoms with E-state index in [1.807, 2.05) is 56.3 Å². The van der Waals surface area contributed by atoms with Gasteiger partial charge in [-0.25, -0.2) is 4.79 Å². The van der Waals surface area contributed by atoms with Crippen LogP contribution in [0.3, 0.4) is 0 Å². The fourth-order valence-electron chi connectivity index (χ4n) is 13.8. The molecule has 3 fully saturated rings. The van der Waals surface area contributed by atoms with Crippen molar-refractivity contribution in [3.8, 4) is 5.75 Å². The Hall–Kier alpha value is -4.56. The molecule has 2 bridgehead atoms. The largest absolute Gasteiger partial charge is 0.496 e. The summed E-state index contributed by atoms with van der Waals surface area (Å²) in [6.45, 7) is 8.26. The highest BCUT2D eigenvalue weighted by atomic mass is 16.6. The number of carbonyl (C=O) groups excluding carboxylic acids is 4. The minimum Gasteiger partial charge on any atom is -0.496 e. The fourth-order valence-corrected chi connectivity index (χ4v) is 13.8. The Balaban J connectivity index is 1.38. The maximum absolute atomic E-state index is 15.3. The highest BCUT2D eigenvalue weighted by Crippen LogP contribution is 2.71. The first-order chi connectivity index (χ1) is 28.8. The molecule has 2 aliphatic carbocycles. The van der Waals surface area contributed by atoms with Crippen LogP contribution >= 0.6 is 0 Å². The third-order valence-electron chi connectivity index (χ3n) is 15.9. The molecule has 60 heavy (non-hydrogen) atoms. The van der Waals surface area contributed by atoms with Gasteiger partial charge in [-0.15, -0.1) is 0 Å². The number of aliphatic hydroxyl groups is 2. The van der Waals surface area contributed by atoms with Gasteiger partial charge in [-0.05, 0) is 85.9 Å². The molecule has 2 aromatic carbocycles. The number of hydrogen-bond acceptors (Lipinski definition) is 12. The summed E-state index contributed by atoms with van der Waals surface area (Å²) in [7, 11) is 4.14. The molecular weight excluding hydrogens is 767 g/mol. The van der Waals surface area contributed by atoms with Crippen molar-refractivity contribution in [2.45, 2.75) is 99.4 Å². The molecule has 0 radical (unpaired) electrons. The summed E-state index contributed by atoms with van der Waals surface area (Å²) < 4.78 is 23.8. The Morgan fingerprint density at radius 3 is 2.43 bits per heavy atom. The minimum absolute atomic E-state index is 0.145. The Bertz CT molecular complexity index is 2310. The van der Waals surface area contributed by atoms with Crippen LogP contribution in [0.15, 0.2) is 48.6 Å². The Morgan fingerprint density at radius 1 is 0.983 bits per heavy atom. The van der Waals surface area contributed by atoms with Crippen LogP contribution in [0.25, 0.3) is 10.9 Å². The second-order valence-electron chi connectivity index (χ2n) is 18.4. The average Bonchev–Trinajstić information content (AvgIpc) is 3.92. The molecule has 2 saturated heterocycles. The lowest BCUT2D eigenvalue weighted by atomic mass is 9.45. The normalized spacial score (nSPS) is 37.7. The first kappa shape index (κ1) is 40.8. The predicted molar refractivity (Wildman–Crippen MR) is 221 cm³/mol. The van der Waals surface area contributed by atoms with Crippen molar-refractivity contribution < 1.29 is 48.3 Å². The van der Waals surface area contributed by atoms with E-state index < -0.39 is 69.3 Å². The number of rotatable bonds is 8. The number of aromatic nitrogens is 1. The van der Waals surface area contributed by atoms with E-state index in [1.54, 1.807) is 7.11 Å². The van der Waals surface area contributed by atoms with Crippen LogP contribution < -0.4 is 4.74 Å². The third-order valence-corrected chi connectivity index (χ3v) is 15.9. The van der Waals surface area contributed by atoms with Crippen molar-refractivity contribution in [1.29, 1.82) is 0 Å². The van der Waals surface area contributed by atoms with Crippen molar-refractivity contribution in [3.05, 3.63) is 76.5 Å². The second kappa shape index (κ2) is 14.3. The average molecular weight is 824 g/mol. The van der Waals surface area contributed by atoms with Crippen LogP contribution in [-0.2, 0) is 50.6 Å². The van der Waals surface area contributed by atoms with Crippen LogP contribution in [0.4, 0.5) is 0 Å². The minimum atomic E-state index is -2.46. The van der Waals surface area contributed by atoms with Crippen molar-refractivity contribution in [2.24, 2.45) is 17.3 Å². The van der Waals surface area contributed by atoms with Gasteiger partial charge in [-0.1, -0.05) is 44.2 Å². The summed E-state index contributed by atoms with van der Waals surface area (Å²) in [5, 5.41) is 26.3. The number of para-hydroxylation sites is 1. The molecule has 1 aromatic heterocycles. The van der Waals surface area contributed by atoms with E-state index in [0.717, 1.165) is 28.3 Å². The van der Waals surface area contributed by atoms with Crippen LogP contribution in [-0.4, -0.2) is 127 Å². The van der Waals surface area contributed by atoms with Crippen LogP contribution in [0, 0.1) is 17.3 Å². The number of H-pyrrole nitrogens is 1. The van der Waals surface area contributed by atoms with Gasteiger partial charge in [-0.3, -0.25) is 19.4 Å². The van der Waals surface area contributed by atoms with Crippen molar-refractivity contribution in [2.75, 3.05) is 54.1 Å². The van der Waals surface area contributed by atoms with Gasteiger partial charge in [0.2, 0.25) is 5.60 Å². The van der Waals surface area contributed by atoms with Gasteiger partial charge in [0.15, 0.2) is 6.10 Å². The molecule has 3 N–H and O–H groups in total. The summed E-state index contributed by atoms with van der Waals surface area (Å²) in [5.41, 5.74) is -2.65. The van der Waals surface area contributed by atoms with E-state index in [-0.39, 0.29) is 12.3 Å². The Kier molecular flexibility index (Phi) is 9.70. The van der Waals surface area contributed by atoms with E-state index in [2.05, 4.69) is 20.9 Å². The lowest BCUT2D eigenvalue weighted by molar-refractivity contribution is -0.243. The first-order valence-electron chi connectivity index (χ1n) is 21.5. The van der Waals surface area contributed by atoms with Gasteiger partial charge in [0.25, 0.3) is 0 Å². The maximum Gasteiger partial charge on any atom is 0.342 e. The zero-order chi connectivity index (χ0) is 42.6. The molecule has 11 atom stereocenters. The molecule has 320 valence electrons. The van der Waals surface area contributed by atoms with Crippen molar-refractivity contribution in [3.63, 3.8) is 0 Å². The Labute approximate surface area is 350 Å². The quantitative estimate of drug-likeness (QED) is 0.129. The number of aldehydes is 1. The molecule has 13 heteroatoms. The summed E-state index contributed by atoms with van der Waals surface area (Å²) >= 11 is 0. The van der Waals surface area contributed by atoms with Crippen LogP contribution in [0.1, 0.15) is 86.7 Å². The van der Waals surface area contributed by atoms with E-state index in [4.69, 9.17) is 18.9 Å². The number of ether oxygens (including phenoxy) is 4. The van der Waals surface area contributed by atoms with E-state index in [1.165, 1.54) is 21.1 Å². The van der Waals surface area contributed by atoms with Crippen LogP contribution in [0.2, 0.25) is 0 Å². The lowest BCUT2D eigenvalue weighted by Crippen LogP contribution is -2.77. The zero-order valence-corrected chi connectivity index (χ0v) is 35.4. The van der Waals surface area contributed by atoms with Crippen molar-refractivity contribution in [1.82, 2.24) is 14.8 Å². The molecule has 0 amide bonds. The third kappa shape index (κ3) is 5.24. The predicted octanol–water partition coefficient (Wildman–Crippen LogP) is 4.08. The molecule has 4 aliphatic heterocycles. The molecular formula is C47H57N3O10. The highest BCUT2D eigenvalue weighted by molar-refractivity contribution is 5.94. The van der Waals surface area contributed by atoms with Gasteiger partial charge in [0, 0.05) is 84.0 Å². The molecule has 3 aromatic rings. The van der Waals surface area contributed by atoms with E-state index >= 15 is 4.79 Å².